The van der Waals surface area contributed by atoms with E-state index in [1.807, 2.05) is 19.1 Å². The van der Waals surface area contributed by atoms with Gasteiger partial charge in [-0.1, -0.05) is 41.4 Å². The Morgan fingerprint density at radius 3 is 2.27 bits per heavy atom. The Kier molecular flexibility index (Phi) is 9.01. The lowest BCUT2D eigenvalue weighted by Gasteiger charge is -2.19. The molecule has 0 heterocycles. The molecule has 7 nitrogen and oxygen atoms in total. The van der Waals surface area contributed by atoms with Crippen LogP contribution in [-0.2, 0) is 26.1 Å². The molecule has 0 aliphatic carbocycles. The van der Waals surface area contributed by atoms with Crippen molar-refractivity contribution < 1.29 is 22.7 Å². The number of nitrogens with one attached hydrogen (secondary N) is 1. The quantitative estimate of drug-likeness (QED) is 0.398. The molecule has 30 heavy (non-hydrogen) atoms. The molecule has 0 aromatic heterocycles. The zero-order valence-electron chi connectivity index (χ0n) is 16.9. The third-order valence-electron chi connectivity index (χ3n) is 4.20. The van der Waals surface area contributed by atoms with E-state index >= 15 is 0 Å². The number of hydrogen-bond donors (Lipinski definition) is 1. The summed E-state index contributed by atoms with van der Waals surface area (Å²) in [6.07, 6.45) is 2.81. The molecular formula is C21H25BrN2O5S. The number of halogens is 1. The highest BCUT2D eigenvalue weighted by atomic mass is 79.9. The highest BCUT2D eigenvalue weighted by Crippen LogP contribution is 2.15. The van der Waals surface area contributed by atoms with Crippen molar-refractivity contribution in [2.75, 3.05) is 24.7 Å². The minimum absolute atomic E-state index is 0.0854. The average Bonchev–Trinajstić information content (AvgIpc) is 2.69. The van der Waals surface area contributed by atoms with Crippen molar-refractivity contribution >= 4 is 43.5 Å². The Bertz CT molecular complexity index is 960. The Hall–Kier alpha value is -2.23. The van der Waals surface area contributed by atoms with E-state index < -0.39 is 21.9 Å². The zero-order chi connectivity index (χ0) is 22.1. The van der Waals surface area contributed by atoms with Gasteiger partial charge in [-0.25, -0.2) is 13.2 Å². The number of benzene rings is 2. The third-order valence-corrected chi connectivity index (χ3v) is 5.92. The summed E-state index contributed by atoms with van der Waals surface area (Å²) in [5.41, 5.74) is 1.61. The molecule has 0 unspecified atom stereocenters. The molecule has 0 aliphatic rings. The van der Waals surface area contributed by atoms with Crippen LogP contribution in [0.2, 0.25) is 0 Å². The molecule has 0 radical (unpaired) electrons. The first kappa shape index (κ1) is 24.0. The summed E-state index contributed by atoms with van der Waals surface area (Å²) in [4.78, 5) is 24.3. The molecule has 1 N–H and O–H groups in total. The summed E-state index contributed by atoms with van der Waals surface area (Å²) in [6.45, 7) is 2.14. The molecule has 0 fully saturated rings. The van der Waals surface area contributed by atoms with Gasteiger partial charge in [0.15, 0.2) is 0 Å². The number of esters is 1. The number of nitrogens with zero attached hydrogens (tertiary/aromatic N) is 1. The molecular weight excluding hydrogens is 472 g/mol. The second-order valence-electron chi connectivity index (χ2n) is 6.77. The number of sulfonamides is 1. The number of amides is 1. The highest BCUT2D eigenvalue weighted by molar-refractivity contribution is 9.10. The normalized spacial score (nSPS) is 11.3. The minimum atomic E-state index is -3.59. The first-order valence-electron chi connectivity index (χ1n) is 9.45. The molecule has 0 saturated heterocycles. The summed E-state index contributed by atoms with van der Waals surface area (Å²) in [5, 5.41) is 2.65. The SMILES string of the molecule is CCCCOC(=O)c1ccc(NC(=O)CN(Cc2ccc(Br)cc2)S(C)(=O)=O)cc1. The van der Waals surface area contributed by atoms with Crippen molar-refractivity contribution in [1.29, 1.82) is 0 Å². The highest BCUT2D eigenvalue weighted by Gasteiger charge is 2.20. The van der Waals surface area contributed by atoms with Crippen molar-refractivity contribution in [3.05, 3.63) is 64.1 Å². The summed E-state index contributed by atoms with van der Waals surface area (Å²) in [6, 6.07) is 13.5. The van der Waals surface area contributed by atoms with Gasteiger partial charge in [-0.2, -0.15) is 4.31 Å². The number of ether oxygens (including phenoxy) is 1. The number of carbonyl (C=O) groups excluding carboxylic acids is 2. The van der Waals surface area contributed by atoms with Crippen LogP contribution in [-0.4, -0.2) is 44.0 Å². The standard InChI is InChI=1S/C21H25BrN2O5S/c1-3-4-13-29-21(26)17-7-11-19(12-8-17)23-20(25)15-24(30(2,27)28)14-16-5-9-18(22)10-6-16/h5-12H,3-4,13-15H2,1-2H3,(H,23,25). The van der Waals surface area contributed by atoms with E-state index in [0.29, 0.717) is 17.9 Å². The van der Waals surface area contributed by atoms with E-state index in [0.717, 1.165) is 33.4 Å². The fourth-order valence-corrected chi connectivity index (χ4v) is 3.53. The molecule has 2 aromatic carbocycles. The molecule has 0 aliphatic heterocycles. The Balaban J connectivity index is 1.97. The van der Waals surface area contributed by atoms with Crippen molar-refractivity contribution in [3.63, 3.8) is 0 Å². The van der Waals surface area contributed by atoms with Crippen LogP contribution in [0, 0.1) is 0 Å². The first-order valence-corrected chi connectivity index (χ1v) is 12.1. The molecule has 0 spiro atoms. The predicted molar refractivity (Wildman–Crippen MR) is 120 cm³/mol. The molecule has 2 aromatic rings. The van der Waals surface area contributed by atoms with Gasteiger partial charge in [-0.3, -0.25) is 4.79 Å². The largest absolute Gasteiger partial charge is 0.462 e. The Morgan fingerprint density at radius 2 is 1.70 bits per heavy atom. The van der Waals surface area contributed by atoms with Crippen LogP contribution >= 0.6 is 15.9 Å². The summed E-state index contributed by atoms with van der Waals surface area (Å²) in [7, 11) is -3.59. The maximum absolute atomic E-state index is 12.4. The van der Waals surface area contributed by atoms with Gasteiger partial charge in [-0.15, -0.1) is 0 Å². The average molecular weight is 497 g/mol. The second-order valence-corrected chi connectivity index (χ2v) is 9.67. The molecule has 9 heteroatoms. The maximum Gasteiger partial charge on any atom is 0.338 e. The van der Waals surface area contributed by atoms with Crippen molar-refractivity contribution in [3.8, 4) is 0 Å². The molecule has 0 saturated carbocycles. The van der Waals surface area contributed by atoms with Crippen LogP contribution in [0.5, 0.6) is 0 Å². The predicted octanol–water partition coefficient (Wildman–Crippen LogP) is 3.81. The Labute approximate surface area is 185 Å². The molecule has 0 atom stereocenters. The topological polar surface area (TPSA) is 92.8 Å². The van der Waals surface area contributed by atoms with Gasteiger partial charge in [0.25, 0.3) is 0 Å². The van der Waals surface area contributed by atoms with Gasteiger partial charge in [0.1, 0.15) is 0 Å². The van der Waals surface area contributed by atoms with Crippen molar-refractivity contribution in [2.45, 2.75) is 26.3 Å². The molecule has 2 rings (SSSR count). The summed E-state index contributed by atoms with van der Waals surface area (Å²) in [5.74, 6) is -0.894. The van der Waals surface area contributed by atoms with Gasteiger partial charge in [-0.05, 0) is 48.4 Å². The lowest BCUT2D eigenvalue weighted by atomic mass is 10.2. The fraction of sp³-hybridized carbons (Fsp3) is 0.333. The van der Waals surface area contributed by atoms with E-state index in [-0.39, 0.29) is 13.1 Å². The van der Waals surface area contributed by atoms with Crippen LogP contribution < -0.4 is 5.32 Å². The summed E-state index contributed by atoms with van der Waals surface area (Å²) >= 11 is 3.33. The van der Waals surface area contributed by atoms with Crippen LogP contribution in [0.4, 0.5) is 5.69 Å². The molecule has 162 valence electrons. The lowest BCUT2D eigenvalue weighted by Crippen LogP contribution is -2.36. The van der Waals surface area contributed by atoms with Crippen LogP contribution in [0.3, 0.4) is 0 Å². The van der Waals surface area contributed by atoms with E-state index in [9.17, 15) is 18.0 Å². The van der Waals surface area contributed by atoms with Crippen molar-refractivity contribution in [1.82, 2.24) is 4.31 Å². The van der Waals surface area contributed by atoms with E-state index in [1.165, 1.54) is 0 Å². The second kappa shape index (κ2) is 11.2. The van der Waals surface area contributed by atoms with E-state index in [4.69, 9.17) is 4.74 Å². The fourth-order valence-electron chi connectivity index (χ4n) is 2.53. The number of anilines is 1. The third kappa shape index (κ3) is 7.89. The van der Waals surface area contributed by atoms with Gasteiger partial charge < -0.3 is 10.1 Å². The minimum Gasteiger partial charge on any atom is -0.462 e. The van der Waals surface area contributed by atoms with Gasteiger partial charge in [0.2, 0.25) is 15.9 Å². The number of unbranched alkanes of at least 4 members (excludes halogenated alkanes) is 1. The van der Waals surface area contributed by atoms with Crippen LogP contribution in [0.25, 0.3) is 0 Å². The smallest absolute Gasteiger partial charge is 0.338 e. The summed E-state index contributed by atoms with van der Waals surface area (Å²) < 4.78 is 31.3. The van der Waals surface area contributed by atoms with Gasteiger partial charge in [0, 0.05) is 16.7 Å². The number of rotatable bonds is 10. The first-order chi connectivity index (χ1) is 14.2. The molecule has 1 amide bonds. The van der Waals surface area contributed by atoms with Gasteiger partial charge >= 0.3 is 5.97 Å². The number of carbonyl (C=O) groups is 2. The zero-order valence-corrected chi connectivity index (χ0v) is 19.3. The Morgan fingerprint density at radius 1 is 1.07 bits per heavy atom. The van der Waals surface area contributed by atoms with E-state index in [2.05, 4.69) is 21.2 Å². The van der Waals surface area contributed by atoms with E-state index in [1.54, 1.807) is 36.4 Å². The molecule has 0 bridgehead atoms. The van der Waals surface area contributed by atoms with Crippen molar-refractivity contribution in [2.24, 2.45) is 0 Å². The van der Waals surface area contributed by atoms with Crippen LogP contribution in [0.1, 0.15) is 35.7 Å². The van der Waals surface area contributed by atoms with Gasteiger partial charge in [0.05, 0.1) is 25.0 Å². The number of hydrogen-bond acceptors (Lipinski definition) is 5. The van der Waals surface area contributed by atoms with Crippen LogP contribution in [0.15, 0.2) is 53.0 Å². The maximum atomic E-state index is 12.4. The monoisotopic (exact) mass is 496 g/mol. The lowest BCUT2D eigenvalue weighted by molar-refractivity contribution is -0.116.